The summed E-state index contributed by atoms with van der Waals surface area (Å²) in [6.07, 6.45) is 2.26. The van der Waals surface area contributed by atoms with Crippen molar-refractivity contribution in [2.75, 3.05) is 31.1 Å². The summed E-state index contributed by atoms with van der Waals surface area (Å²) in [4.78, 5) is 16.7. The van der Waals surface area contributed by atoms with Gasteiger partial charge in [0.05, 0.1) is 12.6 Å². The number of piperazine rings is 1. The zero-order valence-corrected chi connectivity index (χ0v) is 14.0. The number of fused-ring (bicyclic) bond motifs is 1. The van der Waals surface area contributed by atoms with Crippen molar-refractivity contribution in [3.8, 4) is 0 Å². The van der Waals surface area contributed by atoms with Crippen molar-refractivity contribution in [1.29, 1.82) is 0 Å². The summed E-state index contributed by atoms with van der Waals surface area (Å²) in [7, 11) is 0. The number of carbonyl (C=O) groups excluding carboxylic acids is 1. The Morgan fingerprint density at radius 2 is 1.64 bits per heavy atom. The standard InChI is InChI=1S/C20H20N4O/c25-19(14-16-6-2-1-3-7-16)23-10-12-24(13-11-23)20-18-9-5-4-8-17(18)15-21-22-20/h1-9,15H,10-14H2. The average molecular weight is 332 g/mol. The van der Waals surface area contributed by atoms with Gasteiger partial charge in [-0.2, -0.15) is 5.10 Å². The van der Waals surface area contributed by atoms with Crippen molar-refractivity contribution in [3.63, 3.8) is 0 Å². The van der Waals surface area contributed by atoms with Gasteiger partial charge in [-0.15, -0.1) is 5.10 Å². The highest BCUT2D eigenvalue weighted by Gasteiger charge is 2.23. The molecule has 0 N–H and O–H groups in total. The molecule has 0 aliphatic carbocycles. The fraction of sp³-hybridized carbons (Fsp3) is 0.250. The number of benzene rings is 2. The van der Waals surface area contributed by atoms with Crippen LogP contribution in [0.15, 0.2) is 60.8 Å². The Hall–Kier alpha value is -2.95. The maximum Gasteiger partial charge on any atom is 0.227 e. The van der Waals surface area contributed by atoms with Gasteiger partial charge in [0.2, 0.25) is 5.91 Å². The van der Waals surface area contributed by atoms with Crippen molar-refractivity contribution >= 4 is 22.5 Å². The van der Waals surface area contributed by atoms with Gasteiger partial charge in [-0.3, -0.25) is 4.79 Å². The van der Waals surface area contributed by atoms with Crippen LogP contribution in [0.1, 0.15) is 5.56 Å². The third-order valence-electron chi connectivity index (χ3n) is 4.68. The van der Waals surface area contributed by atoms with E-state index in [9.17, 15) is 4.79 Å². The molecule has 126 valence electrons. The maximum absolute atomic E-state index is 12.5. The van der Waals surface area contributed by atoms with Crippen LogP contribution in [0.2, 0.25) is 0 Å². The number of carbonyl (C=O) groups is 1. The van der Waals surface area contributed by atoms with Crippen LogP contribution >= 0.6 is 0 Å². The second-order valence-corrected chi connectivity index (χ2v) is 6.29. The minimum atomic E-state index is 0.190. The molecule has 5 nitrogen and oxygen atoms in total. The highest BCUT2D eigenvalue weighted by molar-refractivity contribution is 5.91. The number of hydrogen-bond acceptors (Lipinski definition) is 4. The Kier molecular flexibility index (Phi) is 4.29. The molecule has 0 saturated carbocycles. The Labute approximate surface area is 146 Å². The van der Waals surface area contributed by atoms with Crippen LogP contribution in [0.5, 0.6) is 0 Å². The molecular formula is C20H20N4O. The van der Waals surface area contributed by atoms with Gasteiger partial charge < -0.3 is 9.80 Å². The molecule has 1 amide bonds. The first-order valence-corrected chi connectivity index (χ1v) is 8.58. The molecule has 1 aromatic heterocycles. The van der Waals surface area contributed by atoms with Gasteiger partial charge in [-0.05, 0) is 5.56 Å². The Bertz CT molecular complexity index is 868. The number of rotatable bonds is 3. The number of nitrogens with zero attached hydrogens (tertiary/aromatic N) is 4. The largest absolute Gasteiger partial charge is 0.351 e. The molecule has 0 atom stereocenters. The molecule has 2 heterocycles. The Balaban J connectivity index is 1.43. The third kappa shape index (κ3) is 3.31. The fourth-order valence-corrected chi connectivity index (χ4v) is 3.30. The van der Waals surface area contributed by atoms with Crippen molar-refractivity contribution in [2.24, 2.45) is 0 Å². The minimum absolute atomic E-state index is 0.190. The molecule has 0 bridgehead atoms. The molecular weight excluding hydrogens is 312 g/mol. The first-order valence-electron chi connectivity index (χ1n) is 8.58. The monoisotopic (exact) mass is 332 g/mol. The average Bonchev–Trinajstić information content (AvgIpc) is 2.68. The second-order valence-electron chi connectivity index (χ2n) is 6.29. The van der Waals surface area contributed by atoms with Crippen molar-refractivity contribution in [1.82, 2.24) is 15.1 Å². The van der Waals surface area contributed by atoms with E-state index in [1.54, 1.807) is 6.20 Å². The van der Waals surface area contributed by atoms with Gasteiger partial charge in [0.25, 0.3) is 0 Å². The molecule has 5 heteroatoms. The van der Waals surface area contributed by atoms with Gasteiger partial charge in [-0.25, -0.2) is 0 Å². The minimum Gasteiger partial charge on any atom is -0.351 e. The zero-order valence-electron chi connectivity index (χ0n) is 14.0. The summed E-state index contributed by atoms with van der Waals surface area (Å²) in [5.74, 6) is 1.10. The van der Waals surface area contributed by atoms with Crippen molar-refractivity contribution in [3.05, 3.63) is 66.4 Å². The summed E-state index contributed by atoms with van der Waals surface area (Å²) < 4.78 is 0. The van der Waals surface area contributed by atoms with E-state index in [0.29, 0.717) is 6.42 Å². The van der Waals surface area contributed by atoms with Gasteiger partial charge in [0.15, 0.2) is 5.82 Å². The molecule has 25 heavy (non-hydrogen) atoms. The van der Waals surface area contributed by atoms with Crippen LogP contribution in [0.25, 0.3) is 10.8 Å². The van der Waals surface area contributed by atoms with Gasteiger partial charge in [0, 0.05) is 37.0 Å². The van der Waals surface area contributed by atoms with Gasteiger partial charge in [0.1, 0.15) is 0 Å². The quantitative estimate of drug-likeness (QED) is 0.739. The lowest BCUT2D eigenvalue weighted by molar-refractivity contribution is -0.130. The maximum atomic E-state index is 12.5. The molecule has 4 rings (SSSR count). The molecule has 1 aliphatic heterocycles. The first-order chi connectivity index (χ1) is 12.3. The fourth-order valence-electron chi connectivity index (χ4n) is 3.30. The second kappa shape index (κ2) is 6.89. The van der Waals surface area contributed by atoms with Crippen LogP contribution in [0.3, 0.4) is 0 Å². The number of anilines is 1. The van der Waals surface area contributed by atoms with Gasteiger partial charge >= 0.3 is 0 Å². The molecule has 0 spiro atoms. The smallest absolute Gasteiger partial charge is 0.227 e. The SMILES string of the molecule is O=C(Cc1ccccc1)N1CCN(c2nncc3ccccc23)CC1. The Morgan fingerprint density at radius 1 is 0.920 bits per heavy atom. The summed E-state index contributed by atoms with van der Waals surface area (Å²) in [5, 5.41) is 10.7. The van der Waals surface area contributed by atoms with Crippen LogP contribution in [0.4, 0.5) is 5.82 Å². The van der Waals surface area contributed by atoms with E-state index < -0.39 is 0 Å². The topological polar surface area (TPSA) is 49.3 Å². The molecule has 2 aromatic carbocycles. The first kappa shape index (κ1) is 15.6. The number of amides is 1. The summed E-state index contributed by atoms with van der Waals surface area (Å²) in [5.41, 5.74) is 1.06. The highest BCUT2D eigenvalue weighted by atomic mass is 16.2. The summed E-state index contributed by atoms with van der Waals surface area (Å²) >= 11 is 0. The summed E-state index contributed by atoms with van der Waals surface area (Å²) in [6.45, 7) is 3.00. The predicted octanol–water partition coefficient (Wildman–Crippen LogP) is 2.52. The number of hydrogen-bond donors (Lipinski definition) is 0. The van der Waals surface area contributed by atoms with Crippen molar-refractivity contribution < 1.29 is 4.79 Å². The predicted molar refractivity (Wildman–Crippen MR) is 98.5 cm³/mol. The molecule has 1 saturated heterocycles. The van der Waals surface area contributed by atoms with Crippen LogP contribution in [0, 0.1) is 0 Å². The van der Waals surface area contributed by atoms with Gasteiger partial charge in [-0.1, -0.05) is 54.6 Å². The molecule has 0 radical (unpaired) electrons. The molecule has 0 unspecified atom stereocenters. The van der Waals surface area contributed by atoms with E-state index in [-0.39, 0.29) is 5.91 Å². The zero-order chi connectivity index (χ0) is 17.1. The van der Waals surface area contributed by atoms with E-state index in [1.807, 2.05) is 53.4 Å². The molecule has 1 fully saturated rings. The van der Waals surface area contributed by atoms with E-state index in [1.165, 1.54) is 0 Å². The van der Waals surface area contributed by atoms with Crippen LogP contribution in [-0.2, 0) is 11.2 Å². The van der Waals surface area contributed by atoms with E-state index >= 15 is 0 Å². The van der Waals surface area contributed by atoms with E-state index in [0.717, 1.165) is 48.3 Å². The lowest BCUT2D eigenvalue weighted by Crippen LogP contribution is -2.49. The third-order valence-corrected chi connectivity index (χ3v) is 4.68. The normalized spacial score (nSPS) is 14.7. The van der Waals surface area contributed by atoms with Crippen molar-refractivity contribution in [2.45, 2.75) is 6.42 Å². The summed E-state index contributed by atoms with van der Waals surface area (Å²) in [6, 6.07) is 18.1. The van der Waals surface area contributed by atoms with E-state index in [2.05, 4.69) is 21.2 Å². The highest BCUT2D eigenvalue weighted by Crippen LogP contribution is 2.24. The van der Waals surface area contributed by atoms with Crippen LogP contribution in [-0.4, -0.2) is 47.2 Å². The molecule has 1 aliphatic rings. The van der Waals surface area contributed by atoms with Crippen LogP contribution < -0.4 is 4.90 Å². The lowest BCUT2D eigenvalue weighted by atomic mass is 10.1. The number of aromatic nitrogens is 2. The lowest BCUT2D eigenvalue weighted by Gasteiger charge is -2.35. The van der Waals surface area contributed by atoms with E-state index in [4.69, 9.17) is 0 Å². The Morgan fingerprint density at radius 3 is 2.44 bits per heavy atom. The molecule has 3 aromatic rings.